The number of benzene rings is 2. The van der Waals surface area contributed by atoms with E-state index in [0.717, 1.165) is 19.3 Å². The van der Waals surface area contributed by atoms with Gasteiger partial charge >= 0.3 is 5.97 Å². The Labute approximate surface area is 197 Å². The van der Waals surface area contributed by atoms with E-state index in [-0.39, 0.29) is 35.0 Å². The van der Waals surface area contributed by atoms with E-state index in [9.17, 15) is 24.0 Å². The van der Waals surface area contributed by atoms with Crippen LogP contribution in [0.15, 0.2) is 48.5 Å². The lowest BCUT2D eigenvalue weighted by Crippen LogP contribution is -2.30. The van der Waals surface area contributed by atoms with Gasteiger partial charge in [-0.2, -0.15) is 0 Å². The minimum absolute atomic E-state index is 0.0794. The van der Waals surface area contributed by atoms with E-state index < -0.39 is 18.5 Å². The first-order chi connectivity index (χ1) is 16.2. The standard InChI is InChI=1S/C26H26N2O6/c1-15-3-12-21-22(13-15)25(32)28(24(21)31)20-10-6-18(7-11-20)26(33)34-14-23(30)27-19-8-4-17(5-9-19)16(2)29/h4-11,15,21-22H,3,12-14H2,1-2H3,(H,27,30)/t15-,21-,22+/m1/s1. The van der Waals surface area contributed by atoms with Crippen molar-refractivity contribution in [1.82, 2.24) is 0 Å². The van der Waals surface area contributed by atoms with Gasteiger partial charge in [0.25, 0.3) is 5.91 Å². The number of ether oxygens (including phenoxy) is 1. The number of fused-ring (bicyclic) bond motifs is 1. The molecule has 3 atom stereocenters. The van der Waals surface area contributed by atoms with Crippen molar-refractivity contribution in [2.24, 2.45) is 17.8 Å². The zero-order valence-corrected chi connectivity index (χ0v) is 19.1. The van der Waals surface area contributed by atoms with Crippen LogP contribution >= 0.6 is 0 Å². The second kappa shape index (κ2) is 9.59. The number of hydrogen-bond acceptors (Lipinski definition) is 6. The predicted molar refractivity (Wildman–Crippen MR) is 124 cm³/mol. The summed E-state index contributed by atoms with van der Waals surface area (Å²) in [4.78, 5) is 62.6. The minimum Gasteiger partial charge on any atom is -0.452 e. The van der Waals surface area contributed by atoms with Crippen LogP contribution in [0.2, 0.25) is 0 Å². The summed E-state index contributed by atoms with van der Waals surface area (Å²) in [7, 11) is 0. The van der Waals surface area contributed by atoms with Gasteiger partial charge in [0.2, 0.25) is 11.8 Å². The Morgan fingerprint density at radius 2 is 1.53 bits per heavy atom. The number of ketones is 1. The molecule has 0 unspecified atom stereocenters. The molecule has 4 rings (SSSR count). The minimum atomic E-state index is -0.699. The number of esters is 1. The van der Waals surface area contributed by atoms with Crippen LogP contribution < -0.4 is 10.2 Å². The van der Waals surface area contributed by atoms with Crippen LogP contribution in [-0.2, 0) is 19.1 Å². The van der Waals surface area contributed by atoms with Gasteiger partial charge in [0, 0.05) is 11.3 Å². The summed E-state index contributed by atoms with van der Waals surface area (Å²) in [6, 6.07) is 12.4. The molecule has 2 aromatic rings. The summed E-state index contributed by atoms with van der Waals surface area (Å²) in [6.07, 6.45) is 2.38. The van der Waals surface area contributed by atoms with Gasteiger partial charge in [-0.05, 0) is 80.6 Å². The molecule has 2 aromatic carbocycles. The van der Waals surface area contributed by atoms with Crippen LogP contribution in [0.25, 0.3) is 0 Å². The predicted octanol–water partition coefficient (Wildman–Crippen LogP) is 3.61. The number of nitrogens with zero attached hydrogens (tertiary/aromatic N) is 1. The second-order valence-corrected chi connectivity index (χ2v) is 8.95. The first-order valence-electron chi connectivity index (χ1n) is 11.3. The maximum Gasteiger partial charge on any atom is 0.338 e. The van der Waals surface area contributed by atoms with Crippen molar-refractivity contribution in [1.29, 1.82) is 0 Å². The van der Waals surface area contributed by atoms with Crippen LogP contribution in [0.3, 0.4) is 0 Å². The van der Waals surface area contributed by atoms with E-state index in [4.69, 9.17) is 4.74 Å². The molecule has 8 heteroatoms. The van der Waals surface area contributed by atoms with E-state index >= 15 is 0 Å². The Kier molecular flexibility index (Phi) is 6.58. The van der Waals surface area contributed by atoms with Crippen molar-refractivity contribution in [3.8, 4) is 0 Å². The fourth-order valence-electron chi connectivity index (χ4n) is 4.59. The van der Waals surface area contributed by atoms with Gasteiger partial charge < -0.3 is 10.1 Å². The summed E-state index contributed by atoms with van der Waals surface area (Å²) in [6.45, 7) is 3.06. The lowest BCUT2D eigenvalue weighted by atomic mass is 9.76. The SMILES string of the molecule is CC(=O)c1ccc(NC(=O)COC(=O)c2ccc(N3C(=O)[C@H]4C[C@H](C)CC[C@H]4C3=O)cc2)cc1. The number of nitrogens with one attached hydrogen (secondary N) is 1. The average Bonchev–Trinajstić information content (AvgIpc) is 3.07. The zero-order chi connectivity index (χ0) is 24.4. The third-order valence-electron chi connectivity index (χ3n) is 6.46. The van der Waals surface area contributed by atoms with Gasteiger partial charge in [-0.25, -0.2) is 4.79 Å². The normalized spacial score (nSPS) is 21.7. The summed E-state index contributed by atoms with van der Waals surface area (Å²) in [5.41, 5.74) is 1.64. The van der Waals surface area contributed by atoms with E-state index in [2.05, 4.69) is 12.2 Å². The number of rotatable bonds is 6. The van der Waals surface area contributed by atoms with Gasteiger partial charge in [-0.15, -0.1) is 0 Å². The molecule has 2 fully saturated rings. The molecule has 1 saturated heterocycles. The van der Waals surface area contributed by atoms with Crippen molar-refractivity contribution in [2.75, 3.05) is 16.8 Å². The number of carbonyl (C=O) groups is 5. The molecule has 176 valence electrons. The molecule has 1 heterocycles. The molecule has 1 aliphatic heterocycles. The highest BCUT2D eigenvalue weighted by Crippen LogP contribution is 2.42. The van der Waals surface area contributed by atoms with Crippen molar-refractivity contribution in [3.05, 3.63) is 59.7 Å². The molecule has 1 saturated carbocycles. The first-order valence-corrected chi connectivity index (χ1v) is 11.3. The Balaban J connectivity index is 1.33. The topological polar surface area (TPSA) is 110 Å². The summed E-state index contributed by atoms with van der Waals surface area (Å²) in [5.74, 6) is -1.75. The van der Waals surface area contributed by atoms with Gasteiger partial charge in [0.05, 0.1) is 23.1 Å². The highest BCUT2D eigenvalue weighted by Gasteiger charge is 2.49. The molecular weight excluding hydrogens is 436 g/mol. The maximum atomic E-state index is 12.8. The molecule has 34 heavy (non-hydrogen) atoms. The van der Waals surface area contributed by atoms with Crippen LogP contribution in [0, 0.1) is 17.8 Å². The Hall–Kier alpha value is -3.81. The largest absolute Gasteiger partial charge is 0.452 e. The molecule has 0 bridgehead atoms. The van der Waals surface area contributed by atoms with Crippen LogP contribution in [-0.4, -0.2) is 36.1 Å². The third kappa shape index (κ3) is 4.76. The van der Waals surface area contributed by atoms with Gasteiger partial charge in [-0.1, -0.05) is 6.92 Å². The molecule has 8 nitrogen and oxygen atoms in total. The second-order valence-electron chi connectivity index (χ2n) is 8.95. The average molecular weight is 463 g/mol. The number of hydrogen-bond donors (Lipinski definition) is 1. The van der Waals surface area contributed by atoms with Crippen molar-refractivity contribution in [3.63, 3.8) is 0 Å². The number of imide groups is 1. The smallest absolute Gasteiger partial charge is 0.338 e. The van der Waals surface area contributed by atoms with Crippen LogP contribution in [0.4, 0.5) is 11.4 Å². The Bertz CT molecular complexity index is 1140. The van der Waals surface area contributed by atoms with Gasteiger partial charge in [0.1, 0.15) is 0 Å². The molecule has 1 aliphatic carbocycles. The van der Waals surface area contributed by atoms with Crippen molar-refractivity contribution < 1.29 is 28.7 Å². The number of carbonyl (C=O) groups excluding carboxylic acids is 5. The summed E-state index contributed by atoms with van der Waals surface area (Å²) in [5, 5.41) is 2.59. The number of amides is 3. The van der Waals surface area contributed by atoms with Gasteiger partial charge in [0.15, 0.2) is 12.4 Å². The molecule has 0 aromatic heterocycles. The molecule has 0 radical (unpaired) electrons. The number of Topliss-reactive ketones (excluding diaryl/α,β-unsaturated/α-hetero) is 1. The number of anilines is 2. The van der Waals surface area contributed by atoms with Crippen LogP contribution in [0.1, 0.15) is 53.8 Å². The molecule has 0 spiro atoms. The van der Waals surface area contributed by atoms with Crippen molar-refractivity contribution in [2.45, 2.75) is 33.1 Å². The maximum absolute atomic E-state index is 12.8. The fraction of sp³-hybridized carbons (Fsp3) is 0.346. The van der Waals surface area contributed by atoms with Gasteiger partial charge in [-0.3, -0.25) is 24.1 Å². The van der Waals surface area contributed by atoms with E-state index in [1.54, 1.807) is 36.4 Å². The highest BCUT2D eigenvalue weighted by molar-refractivity contribution is 6.22. The quantitative estimate of drug-likeness (QED) is 0.399. The van der Waals surface area contributed by atoms with E-state index in [1.807, 2.05) is 0 Å². The zero-order valence-electron chi connectivity index (χ0n) is 19.1. The molecular formula is C26H26N2O6. The van der Waals surface area contributed by atoms with E-state index in [1.165, 1.54) is 24.0 Å². The summed E-state index contributed by atoms with van der Waals surface area (Å²) < 4.78 is 5.07. The highest BCUT2D eigenvalue weighted by atomic mass is 16.5. The first kappa shape index (κ1) is 23.4. The lowest BCUT2D eigenvalue weighted by molar-refractivity contribution is -0.122. The molecule has 1 N–H and O–H groups in total. The Morgan fingerprint density at radius 1 is 0.912 bits per heavy atom. The molecule has 2 aliphatic rings. The third-order valence-corrected chi connectivity index (χ3v) is 6.46. The van der Waals surface area contributed by atoms with E-state index in [0.29, 0.717) is 22.9 Å². The Morgan fingerprint density at radius 3 is 2.18 bits per heavy atom. The van der Waals surface area contributed by atoms with Crippen molar-refractivity contribution >= 4 is 40.8 Å². The monoisotopic (exact) mass is 462 g/mol. The lowest BCUT2D eigenvalue weighted by Gasteiger charge is -2.25. The molecule has 3 amide bonds. The fourth-order valence-corrected chi connectivity index (χ4v) is 4.59. The summed E-state index contributed by atoms with van der Waals surface area (Å²) >= 11 is 0. The van der Waals surface area contributed by atoms with Crippen LogP contribution in [0.5, 0.6) is 0 Å².